The van der Waals surface area contributed by atoms with Crippen molar-refractivity contribution < 1.29 is 4.39 Å². The lowest BCUT2D eigenvalue weighted by Gasteiger charge is -2.17. The third-order valence-corrected chi connectivity index (χ3v) is 3.65. The molecule has 0 aliphatic heterocycles. The summed E-state index contributed by atoms with van der Waals surface area (Å²) in [4.78, 5) is 0. The van der Waals surface area contributed by atoms with Gasteiger partial charge in [-0.2, -0.15) is 0 Å². The van der Waals surface area contributed by atoms with Crippen LogP contribution in [0.25, 0.3) is 0 Å². The van der Waals surface area contributed by atoms with Crippen molar-refractivity contribution in [2.24, 2.45) is 0 Å². The van der Waals surface area contributed by atoms with Gasteiger partial charge in [0.15, 0.2) is 0 Å². The van der Waals surface area contributed by atoms with Gasteiger partial charge in [0, 0.05) is 11.7 Å². The van der Waals surface area contributed by atoms with Crippen molar-refractivity contribution in [3.8, 4) is 0 Å². The molecular formula is C16H17BrFN. The summed E-state index contributed by atoms with van der Waals surface area (Å²) in [5.41, 5.74) is 4.64. The fourth-order valence-electron chi connectivity index (χ4n) is 2.18. The lowest BCUT2D eigenvalue weighted by Crippen LogP contribution is -2.07. The number of rotatable bonds is 3. The average Bonchev–Trinajstić information content (AvgIpc) is 2.32. The molecule has 2 aromatic rings. The Kier molecular flexibility index (Phi) is 4.25. The number of benzene rings is 2. The van der Waals surface area contributed by atoms with E-state index < -0.39 is 0 Å². The summed E-state index contributed by atoms with van der Waals surface area (Å²) in [6.07, 6.45) is 0. The molecular weight excluding hydrogens is 305 g/mol. The minimum Gasteiger partial charge on any atom is -0.378 e. The number of anilines is 1. The minimum absolute atomic E-state index is 0.177. The first-order valence-electron chi connectivity index (χ1n) is 6.25. The van der Waals surface area contributed by atoms with Crippen molar-refractivity contribution in [3.63, 3.8) is 0 Å². The molecule has 0 amide bonds. The Hall–Kier alpha value is -1.35. The Morgan fingerprint density at radius 2 is 1.68 bits per heavy atom. The van der Waals surface area contributed by atoms with Gasteiger partial charge in [-0.05, 0) is 60.5 Å². The van der Waals surface area contributed by atoms with Crippen molar-refractivity contribution in [1.82, 2.24) is 0 Å². The fraction of sp³-hybridized carbons (Fsp3) is 0.250. The first-order chi connectivity index (χ1) is 8.95. The van der Waals surface area contributed by atoms with Crippen molar-refractivity contribution in [1.29, 1.82) is 0 Å². The molecule has 0 spiro atoms. The maximum absolute atomic E-state index is 13.2. The van der Waals surface area contributed by atoms with Gasteiger partial charge in [0.05, 0.1) is 4.47 Å². The summed E-state index contributed by atoms with van der Waals surface area (Å²) in [6.45, 7) is 6.29. The lowest BCUT2D eigenvalue weighted by molar-refractivity contribution is 0.621. The molecule has 0 radical (unpaired) electrons. The van der Waals surface area contributed by atoms with Crippen LogP contribution in [0, 0.1) is 19.7 Å². The summed E-state index contributed by atoms with van der Waals surface area (Å²) in [6, 6.07) is 11.6. The van der Waals surface area contributed by atoms with Crippen LogP contribution in [-0.4, -0.2) is 0 Å². The van der Waals surface area contributed by atoms with Crippen LogP contribution >= 0.6 is 15.9 Å². The first-order valence-corrected chi connectivity index (χ1v) is 7.05. The second-order valence-electron chi connectivity index (χ2n) is 4.92. The van der Waals surface area contributed by atoms with E-state index in [1.165, 1.54) is 22.8 Å². The quantitative estimate of drug-likeness (QED) is 0.800. The van der Waals surface area contributed by atoms with E-state index in [1.807, 2.05) is 0 Å². The van der Waals surface area contributed by atoms with Crippen LogP contribution in [0.3, 0.4) is 0 Å². The Morgan fingerprint density at radius 3 is 2.26 bits per heavy atom. The normalized spacial score (nSPS) is 12.3. The third-order valence-electron chi connectivity index (χ3n) is 3.05. The molecule has 0 fully saturated rings. The highest BCUT2D eigenvalue weighted by Crippen LogP contribution is 2.25. The minimum atomic E-state index is -0.246. The van der Waals surface area contributed by atoms with Crippen LogP contribution in [-0.2, 0) is 0 Å². The maximum atomic E-state index is 13.2. The highest BCUT2D eigenvalue weighted by Gasteiger charge is 2.08. The first kappa shape index (κ1) is 14.1. The predicted molar refractivity (Wildman–Crippen MR) is 82.1 cm³/mol. The largest absolute Gasteiger partial charge is 0.378 e. The molecule has 0 heterocycles. The van der Waals surface area contributed by atoms with Crippen LogP contribution in [0.15, 0.2) is 40.9 Å². The highest BCUT2D eigenvalue weighted by atomic mass is 79.9. The number of halogens is 2. The van der Waals surface area contributed by atoms with E-state index in [2.05, 4.69) is 60.2 Å². The van der Waals surface area contributed by atoms with E-state index >= 15 is 0 Å². The second kappa shape index (κ2) is 5.74. The number of nitrogens with one attached hydrogen (secondary N) is 1. The van der Waals surface area contributed by atoms with E-state index in [0.717, 1.165) is 5.69 Å². The molecule has 0 aliphatic rings. The van der Waals surface area contributed by atoms with Crippen molar-refractivity contribution in [2.75, 3.05) is 5.32 Å². The van der Waals surface area contributed by atoms with Gasteiger partial charge >= 0.3 is 0 Å². The van der Waals surface area contributed by atoms with E-state index in [0.29, 0.717) is 4.47 Å². The number of hydrogen-bond donors (Lipinski definition) is 1. The standard InChI is InChI=1S/C16H17BrFN/c1-10-6-11(2)8-13(7-10)12(3)19-14-4-5-16(18)15(17)9-14/h4-9,12,19H,1-3H3. The maximum Gasteiger partial charge on any atom is 0.137 e. The summed E-state index contributed by atoms with van der Waals surface area (Å²) < 4.78 is 13.7. The fourth-order valence-corrected chi connectivity index (χ4v) is 2.56. The van der Waals surface area contributed by atoms with Gasteiger partial charge in [-0.3, -0.25) is 0 Å². The summed E-state index contributed by atoms with van der Waals surface area (Å²) >= 11 is 3.20. The number of hydrogen-bond acceptors (Lipinski definition) is 1. The smallest absolute Gasteiger partial charge is 0.137 e. The highest BCUT2D eigenvalue weighted by molar-refractivity contribution is 9.10. The van der Waals surface area contributed by atoms with Gasteiger partial charge < -0.3 is 5.32 Å². The molecule has 3 heteroatoms. The van der Waals surface area contributed by atoms with E-state index in [9.17, 15) is 4.39 Å². The van der Waals surface area contributed by atoms with Crippen molar-refractivity contribution in [2.45, 2.75) is 26.8 Å². The monoisotopic (exact) mass is 321 g/mol. The summed E-state index contributed by atoms with van der Waals surface area (Å²) in [5.74, 6) is -0.246. The molecule has 0 aliphatic carbocycles. The summed E-state index contributed by atoms with van der Waals surface area (Å²) in [5, 5.41) is 3.38. The molecule has 0 aromatic heterocycles. The van der Waals surface area contributed by atoms with Gasteiger partial charge in [-0.25, -0.2) is 4.39 Å². The SMILES string of the molecule is Cc1cc(C)cc(C(C)Nc2ccc(F)c(Br)c2)c1. The average molecular weight is 322 g/mol. The van der Waals surface area contributed by atoms with E-state index in [-0.39, 0.29) is 11.9 Å². The molecule has 1 N–H and O–H groups in total. The molecule has 100 valence electrons. The zero-order valence-corrected chi connectivity index (χ0v) is 12.9. The van der Waals surface area contributed by atoms with Gasteiger partial charge in [0.1, 0.15) is 5.82 Å². The molecule has 1 unspecified atom stereocenters. The Balaban J connectivity index is 2.20. The Bertz CT molecular complexity index is 575. The van der Waals surface area contributed by atoms with Gasteiger partial charge in [-0.1, -0.05) is 29.3 Å². The van der Waals surface area contributed by atoms with Crippen LogP contribution < -0.4 is 5.32 Å². The Labute approximate surface area is 122 Å². The predicted octanol–water partition coefficient (Wildman–Crippen LogP) is 5.38. The summed E-state index contributed by atoms with van der Waals surface area (Å²) in [7, 11) is 0. The molecule has 0 saturated heterocycles. The zero-order chi connectivity index (χ0) is 14.0. The molecule has 2 aromatic carbocycles. The topological polar surface area (TPSA) is 12.0 Å². The van der Waals surface area contributed by atoms with Crippen molar-refractivity contribution >= 4 is 21.6 Å². The van der Waals surface area contributed by atoms with Gasteiger partial charge in [0.25, 0.3) is 0 Å². The van der Waals surface area contributed by atoms with Crippen LogP contribution in [0.1, 0.15) is 29.7 Å². The molecule has 1 atom stereocenters. The van der Waals surface area contributed by atoms with Crippen LogP contribution in [0.2, 0.25) is 0 Å². The lowest BCUT2D eigenvalue weighted by atomic mass is 10.0. The molecule has 19 heavy (non-hydrogen) atoms. The molecule has 0 saturated carbocycles. The third kappa shape index (κ3) is 3.57. The Morgan fingerprint density at radius 1 is 1.05 bits per heavy atom. The van der Waals surface area contributed by atoms with Gasteiger partial charge in [-0.15, -0.1) is 0 Å². The molecule has 0 bridgehead atoms. The van der Waals surface area contributed by atoms with Crippen molar-refractivity contribution in [3.05, 3.63) is 63.4 Å². The van der Waals surface area contributed by atoms with Gasteiger partial charge in [0.2, 0.25) is 0 Å². The van der Waals surface area contributed by atoms with E-state index in [1.54, 1.807) is 12.1 Å². The molecule has 1 nitrogen and oxygen atoms in total. The van der Waals surface area contributed by atoms with E-state index in [4.69, 9.17) is 0 Å². The molecule has 2 rings (SSSR count). The van der Waals surface area contributed by atoms with Crippen LogP contribution in [0.5, 0.6) is 0 Å². The second-order valence-corrected chi connectivity index (χ2v) is 5.77. The zero-order valence-electron chi connectivity index (χ0n) is 11.3. The number of aryl methyl sites for hydroxylation is 2. The van der Waals surface area contributed by atoms with Crippen LogP contribution in [0.4, 0.5) is 10.1 Å².